The van der Waals surface area contributed by atoms with Gasteiger partial charge in [0.1, 0.15) is 11.8 Å². The molecule has 5 heteroatoms. The summed E-state index contributed by atoms with van der Waals surface area (Å²) < 4.78 is 5.50. The van der Waals surface area contributed by atoms with Gasteiger partial charge in [0.05, 0.1) is 11.6 Å². The van der Waals surface area contributed by atoms with Crippen LogP contribution in [0.15, 0.2) is 18.2 Å². The predicted octanol–water partition coefficient (Wildman–Crippen LogP) is 3.33. The highest BCUT2D eigenvalue weighted by Gasteiger charge is 2.20. The van der Waals surface area contributed by atoms with Crippen molar-refractivity contribution in [2.24, 2.45) is 5.92 Å². The molecule has 0 aromatic heterocycles. The monoisotopic (exact) mass is 299 g/mol. The van der Waals surface area contributed by atoms with E-state index in [1.807, 2.05) is 32.9 Å². The number of aliphatic carboxylic acids is 1. The van der Waals surface area contributed by atoms with Crippen molar-refractivity contribution in [1.82, 2.24) is 5.32 Å². The van der Waals surface area contributed by atoms with Gasteiger partial charge < -0.3 is 15.2 Å². The Balaban J connectivity index is 2.65. The third kappa shape index (κ3) is 5.02. The van der Waals surface area contributed by atoms with Crippen LogP contribution in [0.2, 0.25) is 5.02 Å². The van der Waals surface area contributed by atoms with Crippen LogP contribution >= 0.6 is 11.6 Å². The van der Waals surface area contributed by atoms with Crippen LogP contribution in [0.5, 0.6) is 5.75 Å². The molecule has 0 heterocycles. The van der Waals surface area contributed by atoms with E-state index in [1.54, 1.807) is 6.07 Å². The number of hydrogen-bond donors (Lipinski definition) is 2. The lowest BCUT2D eigenvalue weighted by atomic mass is 10.0. The first-order chi connectivity index (χ1) is 9.45. The highest BCUT2D eigenvalue weighted by Crippen LogP contribution is 2.25. The van der Waals surface area contributed by atoms with Crippen molar-refractivity contribution >= 4 is 17.6 Å². The van der Waals surface area contributed by atoms with Gasteiger partial charge in [-0.15, -0.1) is 0 Å². The quantitative estimate of drug-likeness (QED) is 0.773. The minimum atomic E-state index is -0.839. The molecule has 0 saturated carbocycles. The van der Waals surface area contributed by atoms with Crippen molar-refractivity contribution in [3.05, 3.63) is 28.8 Å². The minimum Gasteiger partial charge on any atom is -0.492 e. The van der Waals surface area contributed by atoms with E-state index in [0.29, 0.717) is 23.9 Å². The number of benzene rings is 1. The Kier molecular flexibility index (Phi) is 6.82. The lowest BCUT2D eigenvalue weighted by Gasteiger charge is -2.18. The Bertz CT molecular complexity index is 449. The zero-order valence-electron chi connectivity index (χ0n) is 12.1. The van der Waals surface area contributed by atoms with Crippen molar-refractivity contribution in [2.45, 2.75) is 39.8 Å². The smallest absolute Gasteiger partial charge is 0.320 e. The zero-order valence-corrected chi connectivity index (χ0v) is 12.9. The summed E-state index contributed by atoms with van der Waals surface area (Å²) in [4.78, 5) is 11.1. The molecule has 0 amide bonds. The van der Waals surface area contributed by atoms with Gasteiger partial charge >= 0.3 is 5.97 Å². The minimum absolute atomic E-state index is 0.0233. The molecule has 112 valence electrons. The number of carboxylic acids is 1. The highest BCUT2D eigenvalue weighted by molar-refractivity contribution is 6.32. The summed E-state index contributed by atoms with van der Waals surface area (Å²) in [5.74, 6) is -0.153. The third-order valence-electron chi connectivity index (χ3n) is 2.92. The number of halogens is 1. The molecule has 0 unspecified atom stereocenters. The van der Waals surface area contributed by atoms with Crippen LogP contribution in [0.4, 0.5) is 0 Å². The third-order valence-corrected chi connectivity index (χ3v) is 3.21. The summed E-state index contributed by atoms with van der Waals surface area (Å²) in [5, 5.41) is 12.7. The van der Waals surface area contributed by atoms with Crippen LogP contribution in [0.25, 0.3) is 0 Å². The number of carboxylic acid groups (broad SMARTS) is 1. The van der Waals surface area contributed by atoms with Crippen molar-refractivity contribution in [2.75, 3.05) is 6.61 Å². The molecule has 0 bridgehead atoms. The Morgan fingerprint density at radius 1 is 1.45 bits per heavy atom. The summed E-state index contributed by atoms with van der Waals surface area (Å²) in [6.07, 6.45) is 0.925. The van der Waals surface area contributed by atoms with E-state index >= 15 is 0 Å². The van der Waals surface area contributed by atoms with Gasteiger partial charge in [-0.25, -0.2) is 0 Å². The molecule has 0 radical (unpaired) electrons. The zero-order chi connectivity index (χ0) is 15.1. The van der Waals surface area contributed by atoms with Gasteiger partial charge in [-0.3, -0.25) is 4.79 Å². The van der Waals surface area contributed by atoms with E-state index in [-0.39, 0.29) is 5.92 Å². The van der Waals surface area contributed by atoms with E-state index in [0.717, 1.165) is 12.0 Å². The van der Waals surface area contributed by atoms with Gasteiger partial charge in [0, 0.05) is 6.54 Å². The largest absolute Gasteiger partial charge is 0.492 e. The van der Waals surface area contributed by atoms with E-state index in [9.17, 15) is 4.79 Å². The molecule has 0 saturated heterocycles. The molecule has 0 aliphatic carbocycles. The summed E-state index contributed by atoms with van der Waals surface area (Å²) in [6, 6.07) is 4.95. The summed E-state index contributed by atoms with van der Waals surface area (Å²) in [7, 11) is 0. The SMILES string of the molecule is CCCOc1ccc(CN[C@@H](C(=O)O)C(C)C)cc1Cl. The number of carbonyl (C=O) groups is 1. The van der Waals surface area contributed by atoms with E-state index in [4.69, 9.17) is 21.4 Å². The van der Waals surface area contributed by atoms with Gasteiger partial charge in [0.25, 0.3) is 0 Å². The fourth-order valence-electron chi connectivity index (χ4n) is 1.82. The molecule has 0 fully saturated rings. The lowest BCUT2D eigenvalue weighted by Crippen LogP contribution is -2.40. The van der Waals surface area contributed by atoms with Crippen LogP contribution in [0, 0.1) is 5.92 Å². The molecule has 0 spiro atoms. The molecule has 1 aromatic rings. The summed E-state index contributed by atoms with van der Waals surface area (Å²) >= 11 is 6.14. The maximum absolute atomic E-state index is 11.1. The van der Waals surface area contributed by atoms with Crippen molar-refractivity contribution in [1.29, 1.82) is 0 Å². The standard InChI is InChI=1S/C15H22ClNO3/c1-4-7-20-13-6-5-11(8-12(13)16)9-17-14(10(2)3)15(18)19/h5-6,8,10,14,17H,4,7,9H2,1-3H3,(H,18,19)/t14-/m1/s1. The fourth-order valence-corrected chi connectivity index (χ4v) is 2.08. The summed E-state index contributed by atoms with van der Waals surface area (Å²) in [6.45, 7) is 6.87. The lowest BCUT2D eigenvalue weighted by molar-refractivity contribution is -0.140. The van der Waals surface area contributed by atoms with Gasteiger partial charge in [-0.05, 0) is 30.0 Å². The van der Waals surface area contributed by atoms with Crippen molar-refractivity contribution < 1.29 is 14.6 Å². The summed E-state index contributed by atoms with van der Waals surface area (Å²) in [5.41, 5.74) is 0.936. The van der Waals surface area contributed by atoms with E-state index < -0.39 is 12.0 Å². The van der Waals surface area contributed by atoms with Crippen LogP contribution in [-0.2, 0) is 11.3 Å². The fraction of sp³-hybridized carbons (Fsp3) is 0.533. The second kappa shape index (κ2) is 8.12. The number of hydrogen-bond acceptors (Lipinski definition) is 3. The highest BCUT2D eigenvalue weighted by atomic mass is 35.5. The first-order valence-electron chi connectivity index (χ1n) is 6.83. The predicted molar refractivity (Wildman–Crippen MR) is 80.3 cm³/mol. The molecule has 2 N–H and O–H groups in total. The van der Waals surface area contributed by atoms with Crippen LogP contribution < -0.4 is 10.1 Å². The molecule has 1 rings (SSSR count). The Hall–Kier alpha value is -1.26. The Morgan fingerprint density at radius 3 is 2.65 bits per heavy atom. The molecule has 0 aliphatic rings. The van der Waals surface area contributed by atoms with E-state index in [1.165, 1.54) is 0 Å². The molecule has 0 aliphatic heterocycles. The number of rotatable bonds is 8. The Labute approximate surface area is 125 Å². The van der Waals surface area contributed by atoms with Gasteiger partial charge in [-0.2, -0.15) is 0 Å². The average Bonchev–Trinajstić information content (AvgIpc) is 2.37. The van der Waals surface area contributed by atoms with Gasteiger partial charge in [-0.1, -0.05) is 38.4 Å². The topological polar surface area (TPSA) is 58.6 Å². The number of nitrogens with one attached hydrogen (secondary N) is 1. The molecular weight excluding hydrogens is 278 g/mol. The second-order valence-corrected chi connectivity index (χ2v) is 5.46. The van der Waals surface area contributed by atoms with Crippen LogP contribution in [0.1, 0.15) is 32.8 Å². The number of ether oxygens (including phenoxy) is 1. The van der Waals surface area contributed by atoms with Crippen molar-refractivity contribution in [3.63, 3.8) is 0 Å². The van der Waals surface area contributed by atoms with Crippen molar-refractivity contribution in [3.8, 4) is 5.75 Å². The van der Waals surface area contributed by atoms with Gasteiger partial charge in [0.15, 0.2) is 0 Å². The van der Waals surface area contributed by atoms with Crippen LogP contribution in [0.3, 0.4) is 0 Å². The Morgan fingerprint density at radius 2 is 2.15 bits per heavy atom. The molecule has 4 nitrogen and oxygen atoms in total. The second-order valence-electron chi connectivity index (χ2n) is 5.05. The van der Waals surface area contributed by atoms with Gasteiger partial charge in [0.2, 0.25) is 0 Å². The maximum atomic E-state index is 11.1. The first-order valence-corrected chi connectivity index (χ1v) is 7.21. The molecule has 20 heavy (non-hydrogen) atoms. The average molecular weight is 300 g/mol. The molecular formula is C15H22ClNO3. The van der Waals surface area contributed by atoms with Crippen LogP contribution in [-0.4, -0.2) is 23.7 Å². The first kappa shape index (κ1) is 16.8. The molecule has 1 aromatic carbocycles. The van der Waals surface area contributed by atoms with E-state index in [2.05, 4.69) is 5.32 Å². The maximum Gasteiger partial charge on any atom is 0.320 e. The normalized spacial score (nSPS) is 12.4. The molecule has 1 atom stereocenters.